The first kappa shape index (κ1) is 67.6. The molecule has 0 amide bonds. The summed E-state index contributed by atoms with van der Waals surface area (Å²) < 4.78 is 71.8. The van der Waals surface area contributed by atoms with Crippen LogP contribution in [0.2, 0.25) is 0 Å². The van der Waals surface area contributed by atoms with Crippen LogP contribution < -0.4 is 0 Å². The van der Waals surface area contributed by atoms with Crippen molar-refractivity contribution in [3.8, 4) is 0 Å². The van der Waals surface area contributed by atoms with Gasteiger partial charge in [0.05, 0.1) is 9.79 Å². The monoisotopic (exact) mass is 1070 g/mol. The van der Waals surface area contributed by atoms with Crippen LogP contribution >= 0.6 is 0 Å². The van der Waals surface area contributed by atoms with E-state index >= 15 is 0 Å². The molecule has 0 unspecified atom stereocenters. The molecule has 408 valence electrons. The Balaban J connectivity index is 0.000000493. The molecule has 4 rings (SSSR count). The summed E-state index contributed by atoms with van der Waals surface area (Å²) in [6.45, 7) is 9.02. The third-order valence-corrected chi connectivity index (χ3v) is 16.9. The maximum absolute atomic E-state index is 12.0. The summed E-state index contributed by atoms with van der Waals surface area (Å²) in [4.78, 5) is -0.135. The molecular formula is C64H102CaO6S2. The van der Waals surface area contributed by atoms with E-state index < -0.39 is 20.2 Å². The van der Waals surface area contributed by atoms with Crippen molar-refractivity contribution in [3.05, 3.63) is 82.9 Å². The van der Waals surface area contributed by atoms with E-state index in [0.717, 1.165) is 62.1 Å². The fourth-order valence-corrected chi connectivity index (χ4v) is 12.2. The Morgan fingerprint density at radius 2 is 0.493 bits per heavy atom. The van der Waals surface area contributed by atoms with Crippen LogP contribution in [0.5, 0.6) is 0 Å². The van der Waals surface area contributed by atoms with Gasteiger partial charge in [0.25, 0.3) is 0 Å². The minimum absolute atomic E-state index is 0. The summed E-state index contributed by atoms with van der Waals surface area (Å²) in [5, 5.41) is 3.28. The number of aryl methyl sites for hydroxylation is 4. The molecule has 0 bridgehead atoms. The van der Waals surface area contributed by atoms with Crippen molar-refractivity contribution in [1.82, 2.24) is 0 Å². The third-order valence-electron chi connectivity index (χ3n) is 15.1. The second-order valence-electron chi connectivity index (χ2n) is 21.3. The Hall–Kier alpha value is -1.52. The van der Waals surface area contributed by atoms with Crippen LogP contribution in [-0.2, 0) is 45.9 Å². The summed E-state index contributed by atoms with van der Waals surface area (Å²) in [6.07, 6.45) is 50.1. The number of benzene rings is 4. The third kappa shape index (κ3) is 28.1. The molecule has 0 N–H and O–H groups in total. The van der Waals surface area contributed by atoms with Crippen molar-refractivity contribution < 1.29 is 25.9 Å². The van der Waals surface area contributed by atoms with Crippen LogP contribution in [-0.4, -0.2) is 63.7 Å². The molecule has 0 atom stereocenters. The molecule has 0 aliphatic rings. The zero-order valence-corrected chi connectivity index (χ0v) is 50.9. The standard InChI is InChI=1S/2C32H52O3S.Ca/c2*1-3-5-7-9-11-13-15-17-19-22-28-24-21-25-30-31(36(33,34)35)27-26-29(32(28)30)23-20-18-16-14-12-10-8-6-4-2;/h2*21,24-27H,3-20,22-23H2,1-2H3,(H,33,34,35);/q;;+2/p-2. The molecule has 0 saturated heterocycles. The van der Waals surface area contributed by atoms with Crippen molar-refractivity contribution in [2.75, 3.05) is 0 Å². The van der Waals surface area contributed by atoms with Crippen molar-refractivity contribution >= 4 is 79.5 Å². The largest absolute Gasteiger partial charge is 2.00 e. The Labute approximate surface area is 478 Å². The molecule has 0 fully saturated rings. The van der Waals surface area contributed by atoms with Crippen LogP contribution in [0.4, 0.5) is 0 Å². The van der Waals surface area contributed by atoms with Crippen LogP contribution in [0.15, 0.2) is 70.5 Å². The Morgan fingerprint density at radius 1 is 0.288 bits per heavy atom. The molecule has 73 heavy (non-hydrogen) atoms. The van der Waals surface area contributed by atoms with Crippen molar-refractivity contribution in [2.45, 2.75) is 294 Å². The normalized spacial score (nSPS) is 11.8. The van der Waals surface area contributed by atoms with Gasteiger partial charge in [0.2, 0.25) is 0 Å². The van der Waals surface area contributed by atoms with Gasteiger partial charge in [-0.25, -0.2) is 16.8 Å². The van der Waals surface area contributed by atoms with Gasteiger partial charge in [-0.1, -0.05) is 282 Å². The second-order valence-corrected chi connectivity index (χ2v) is 24.0. The van der Waals surface area contributed by atoms with Crippen molar-refractivity contribution in [2.24, 2.45) is 0 Å². The number of hydrogen-bond donors (Lipinski definition) is 0. The van der Waals surface area contributed by atoms with Gasteiger partial charge in [0, 0.05) is 0 Å². The van der Waals surface area contributed by atoms with Gasteiger partial charge in [-0.05, 0) is 107 Å². The Bertz CT molecular complexity index is 2040. The van der Waals surface area contributed by atoms with E-state index in [4.69, 9.17) is 0 Å². The minimum atomic E-state index is -4.50. The predicted molar refractivity (Wildman–Crippen MR) is 313 cm³/mol. The number of hydrogen-bond acceptors (Lipinski definition) is 6. The van der Waals surface area contributed by atoms with Crippen LogP contribution in [0.25, 0.3) is 21.5 Å². The van der Waals surface area contributed by atoms with Gasteiger partial charge >= 0.3 is 37.7 Å². The van der Waals surface area contributed by atoms with Gasteiger partial charge in [0.15, 0.2) is 0 Å². The van der Waals surface area contributed by atoms with E-state index in [1.807, 2.05) is 36.4 Å². The average Bonchev–Trinajstić information content (AvgIpc) is 3.36. The molecule has 0 heterocycles. The molecule has 4 aromatic carbocycles. The van der Waals surface area contributed by atoms with Gasteiger partial charge < -0.3 is 9.11 Å². The molecule has 0 spiro atoms. The van der Waals surface area contributed by atoms with Crippen LogP contribution in [0.3, 0.4) is 0 Å². The first-order chi connectivity index (χ1) is 35.0. The van der Waals surface area contributed by atoms with E-state index in [9.17, 15) is 25.9 Å². The maximum Gasteiger partial charge on any atom is 2.00 e. The zero-order valence-electron chi connectivity index (χ0n) is 47.0. The maximum atomic E-state index is 12.0. The molecule has 4 aromatic rings. The number of fused-ring (bicyclic) bond motifs is 2. The fourth-order valence-electron chi connectivity index (χ4n) is 10.8. The Kier molecular flexibility index (Phi) is 38.5. The minimum Gasteiger partial charge on any atom is -0.744 e. The summed E-state index contributed by atoms with van der Waals surface area (Å²) in [7, 11) is -9.00. The van der Waals surface area contributed by atoms with E-state index in [-0.39, 0.29) is 47.5 Å². The molecule has 0 aromatic heterocycles. The predicted octanol–water partition coefficient (Wildman–Crippen LogP) is 19.4. The molecule has 0 aliphatic heterocycles. The topological polar surface area (TPSA) is 114 Å². The molecular weight excluding hydrogens is 969 g/mol. The molecule has 9 heteroatoms. The van der Waals surface area contributed by atoms with Gasteiger partial charge in [-0.2, -0.15) is 0 Å². The van der Waals surface area contributed by atoms with Crippen molar-refractivity contribution in [3.63, 3.8) is 0 Å². The van der Waals surface area contributed by atoms with Gasteiger partial charge in [0.1, 0.15) is 20.2 Å². The summed E-state index contributed by atoms with van der Waals surface area (Å²) in [5.41, 5.74) is 4.80. The SMILES string of the molecule is CCCCCCCCCCCc1cccc2c(S(=O)(=O)[O-])ccc(CCCCCCCCCCC)c12.CCCCCCCCCCCc1cccc2c(S(=O)(=O)[O-])ccc(CCCCCCCCCCC)c12.[Ca+2]. The summed E-state index contributed by atoms with van der Waals surface area (Å²) in [5.74, 6) is 0. The molecule has 0 aliphatic carbocycles. The van der Waals surface area contributed by atoms with E-state index in [1.54, 1.807) is 0 Å². The van der Waals surface area contributed by atoms with E-state index in [0.29, 0.717) is 10.8 Å². The molecule has 0 radical (unpaired) electrons. The van der Waals surface area contributed by atoms with Gasteiger partial charge in [-0.3, -0.25) is 0 Å². The molecule has 0 saturated carbocycles. The van der Waals surface area contributed by atoms with Crippen LogP contribution in [0.1, 0.15) is 281 Å². The first-order valence-corrected chi connectivity index (χ1v) is 32.8. The second kappa shape index (κ2) is 41.6. The van der Waals surface area contributed by atoms with E-state index in [1.165, 1.54) is 240 Å². The number of unbranched alkanes of at least 4 members (excludes halogenated alkanes) is 32. The van der Waals surface area contributed by atoms with Crippen LogP contribution in [0, 0.1) is 0 Å². The molecule has 6 nitrogen and oxygen atoms in total. The Morgan fingerprint density at radius 3 is 0.712 bits per heavy atom. The van der Waals surface area contributed by atoms with Gasteiger partial charge in [-0.15, -0.1) is 0 Å². The zero-order chi connectivity index (χ0) is 52.1. The summed E-state index contributed by atoms with van der Waals surface area (Å²) >= 11 is 0. The first-order valence-electron chi connectivity index (χ1n) is 30.0. The smallest absolute Gasteiger partial charge is 0.744 e. The number of rotatable bonds is 42. The average molecular weight is 1070 g/mol. The quantitative estimate of drug-likeness (QED) is 0.0248. The van der Waals surface area contributed by atoms with Crippen molar-refractivity contribution in [1.29, 1.82) is 0 Å². The summed E-state index contributed by atoms with van der Waals surface area (Å²) in [6, 6.07) is 18.6. The van der Waals surface area contributed by atoms with E-state index in [2.05, 4.69) is 39.8 Å². The fraction of sp³-hybridized carbons (Fsp3) is 0.688.